The van der Waals surface area contributed by atoms with E-state index in [4.69, 9.17) is 10.5 Å². The quantitative estimate of drug-likeness (QED) is 0.769. The van der Waals surface area contributed by atoms with Crippen molar-refractivity contribution in [2.45, 2.75) is 26.0 Å². The van der Waals surface area contributed by atoms with Gasteiger partial charge in [-0.05, 0) is 19.4 Å². The van der Waals surface area contributed by atoms with Crippen molar-refractivity contribution in [2.75, 3.05) is 6.61 Å². The van der Waals surface area contributed by atoms with E-state index in [0.717, 1.165) is 0 Å². The van der Waals surface area contributed by atoms with Crippen LogP contribution in [0.4, 0.5) is 0 Å². The van der Waals surface area contributed by atoms with Crippen LogP contribution in [0.15, 0.2) is 30.3 Å². The molecule has 0 aliphatic carbocycles. The predicted octanol–water partition coefficient (Wildman–Crippen LogP) is 2.05. The second kappa shape index (κ2) is 4.40. The van der Waals surface area contributed by atoms with Crippen molar-refractivity contribution in [2.24, 2.45) is 5.73 Å². The zero-order valence-electron chi connectivity index (χ0n) is 9.29. The van der Waals surface area contributed by atoms with Crippen molar-refractivity contribution in [1.82, 2.24) is 0 Å². The molecule has 2 N–H and O–H groups in total. The molecule has 72 valence electrons. The maximum Gasteiger partial charge on any atom is 1.00 e. The van der Waals surface area contributed by atoms with Crippen LogP contribution in [-0.2, 0) is 11.3 Å². The maximum atomic E-state index is 5.77. The van der Waals surface area contributed by atoms with Gasteiger partial charge in [-0.25, -0.2) is 0 Å². The lowest BCUT2D eigenvalue weighted by atomic mass is 10.1. The first-order chi connectivity index (χ1) is 6.08. The summed E-state index contributed by atoms with van der Waals surface area (Å²) in [5, 5.41) is 0. The van der Waals surface area contributed by atoms with E-state index in [1.807, 2.05) is 44.2 Å². The van der Waals surface area contributed by atoms with Gasteiger partial charge in [0.2, 0.25) is 0 Å². The monoisotopic (exact) mass is 180 g/mol. The molecule has 0 aliphatic heterocycles. The summed E-state index contributed by atoms with van der Waals surface area (Å²) < 4.78 is 5.46. The third-order valence-electron chi connectivity index (χ3n) is 1.59. The van der Waals surface area contributed by atoms with Crippen molar-refractivity contribution >= 4 is 0 Å². The molecular weight excluding hydrogens is 162 g/mol. The molecule has 2 nitrogen and oxygen atoms in total. The van der Waals surface area contributed by atoms with Gasteiger partial charge in [-0.3, -0.25) is 0 Å². The van der Waals surface area contributed by atoms with Crippen LogP contribution in [0.5, 0.6) is 0 Å². The summed E-state index contributed by atoms with van der Waals surface area (Å²) >= 11 is 0. The van der Waals surface area contributed by atoms with E-state index in [0.29, 0.717) is 13.2 Å². The molecule has 0 amide bonds. The highest BCUT2D eigenvalue weighted by Crippen LogP contribution is 2.03. The van der Waals surface area contributed by atoms with Crippen molar-refractivity contribution in [1.29, 1.82) is 0 Å². The third-order valence-corrected chi connectivity index (χ3v) is 1.59. The molecule has 1 aromatic rings. The molecule has 0 spiro atoms. The normalized spacial score (nSPS) is 11.6. The second-order valence-electron chi connectivity index (χ2n) is 3.97. The molecule has 0 saturated carbocycles. The summed E-state index contributed by atoms with van der Waals surface area (Å²) in [6.07, 6.45) is 0. The molecule has 1 rings (SSSR count). The smallest absolute Gasteiger partial charge is 0.375 e. The van der Waals surface area contributed by atoms with Crippen LogP contribution < -0.4 is 5.73 Å². The zero-order chi connectivity index (χ0) is 9.73. The molecule has 13 heavy (non-hydrogen) atoms. The van der Waals surface area contributed by atoms with Gasteiger partial charge in [0.1, 0.15) is 0 Å². The minimum absolute atomic E-state index is 0. The van der Waals surface area contributed by atoms with Crippen LogP contribution in [0.2, 0.25) is 0 Å². The average Bonchev–Trinajstić information content (AvgIpc) is 2.04. The lowest BCUT2D eigenvalue weighted by Gasteiger charge is -2.18. The molecule has 0 aliphatic rings. The SMILES string of the molecule is CC(C)(N)COCc1ccccc1.[H+]. The Kier molecular flexibility index (Phi) is 3.46. The summed E-state index contributed by atoms with van der Waals surface area (Å²) in [6, 6.07) is 10.1. The Morgan fingerprint density at radius 1 is 1.31 bits per heavy atom. The number of hydrogen-bond donors (Lipinski definition) is 1. The summed E-state index contributed by atoms with van der Waals surface area (Å²) in [6.45, 7) is 5.14. The lowest BCUT2D eigenvalue weighted by Crippen LogP contribution is -2.37. The van der Waals surface area contributed by atoms with E-state index in [-0.39, 0.29) is 6.97 Å². The Bertz CT molecular complexity index is 243. The molecule has 0 bridgehead atoms. The number of benzene rings is 1. The van der Waals surface area contributed by atoms with Crippen LogP contribution >= 0.6 is 0 Å². The van der Waals surface area contributed by atoms with E-state index < -0.39 is 0 Å². The minimum Gasteiger partial charge on any atom is -0.375 e. The highest BCUT2D eigenvalue weighted by Gasteiger charge is 2.09. The fraction of sp³-hybridized carbons (Fsp3) is 0.455. The molecule has 2 heteroatoms. The Morgan fingerprint density at radius 3 is 2.46 bits per heavy atom. The third kappa shape index (κ3) is 4.65. The standard InChI is InChI=1S/C11H17NO/c1-11(2,12)9-13-8-10-6-4-3-5-7-10/h3-7H,8-9,12H2,1-2H3/p+1. The Balaban J connectivity index is 0.00000169. The predicted molar refractivity (Wildman–Crippen MR) is 55.5 cm³/mol. The molecule has 1 aromatic carbocycles. The summed E-state index contributed by atoms with van der Waals surface area (Å²) in [4.78, 5) is 0. The first-order valence-electron chi connectivity index (χ1n) is 4.48. The van der Waals surface area contributed by atoms with Crippen LogP contribution in [0.1, 0.15) is 20.8 Å². The van der Waals surface area contributed by atoms with Crippen LogP contribution in [0.3, 0.4) is 0 Å². The molecular formula is C11H18NO+. The van der Waals surface area contributed by atoms with E-state index in [2.05, 4.69) is 0 Å². The van der Waals surface area contributed by atoms with Gasteiger partial charge >= 0.3 is 1.43 Å². The van der Waals surface area contributed by atoms with Crippen molar-refractivity contribution in [3.63, 3.8) is 0 Å². The van der Waals surface area contributed by atoms with Gasteiger partial charge in [0.05, 0.1) is 13.2 Å². The molecule has 0 saturated heterocycles. The van der Waals surface area contributed by atoms with E-state index in [1.165, 1.54) is 5.56 Å². The van der Waals surface area contributed by atoms with Crippen molar-refractivity contribution in [3.8, 4) is 0 Å². The first-order valence-corrected chi connectivity index (χ1v) is 4.48. The van der Waals surface area contributed by atoms with E-state index in [1.54, 1.807) is 0 Å². The van der Waals surface area contributed by atoms with Gasteiger partial charge in [0.25, 0.3) is 0 Å². The fourth-order valence-electron chi connectivity index (χ4n) is 1.01. The molecule has 0 fully saturated rings. The number of hydrogen-bond acceptors (Lipinski definition) is 2. The topological polar surface area (TPSA) is 35.2 Å². The van der Waals surface area contributed by atoms with Gasteiger partial charge in [0.15, 0.2) is 0 Å². The average molecular weight is 180 g/mol. The van der Waals surface area contributed by atoms with E-state index >= 15 is 0 Å². The Morgan fingerprint density at radius 2 is 1.92 bits per heavy atom. The van der Waals surface area contributed by atoms with Gasteiger partial charge in [-0.2, -0.15) is 0 Å². The van der Waals surface area contributed by atoms with Crippen LogP contribution in [-0.4, -0.2) is 12.1 Å². The summed E-state index contributed by atoms with van der Waals surface area (Å²) in [5.41, 5.74) is 6.72. The zero-order valence-corrected chi connectivity index (χ0v) is 8.29. The number of rotatable bonds is 4. The fourth-order valence-corrected chi connectivity index (χ4v) is 1.01. The summed E-state index contributed by atoms with van der Waals surface area (Å²) in [5.74, 6) is 0. The molecule has 0 heterocycles. The molecule has 0 atom stereocenters. The number of ether oxygens (including phenoxy) is 1. The highest BCUT2D eigenvalue weighted by molar-refractivity contribution is 5.13. The Hall–Kier alpha value is -0.860. The molecule has 0 radical (unpaired) electrons. The van der Waals surface area contributed by atoms with Crippen molar-refractivity contribution < 1.29 is 6.16 Å². The van der Waals surface area contributed by atoms with Gasteiger partial charge in [-0.1, -0.05) is 30.3 Å². The van der Waals surface area contributed by atoms with Crippen LogP contribution in [0.25, 0.3) is 0 Å². The van der Waals surface area contributed by atoms with E-state index in [9.17, 15) is 0 Å². The minimum atomic E-state index is -0.241. The maximum absolute atomic E-state index is 5.77. The molecule has 0 aromatic heterocycles. The van der Waals surface area contributed by atoms with Crippen molar-refractivity contribution in [3.05, 3.63) is 35.9 Å². The van der Waals surface area contributed by atoms with Gasteiger partial charge < -0.3 is 10.5 Å². The second-order valence-corrected chi connectivity index (χ2v) is 3.97. The largest absolute Gasteiger partial charge is 1.00 e. The Labute approximate surface area is 81.2 Å². The van der Waals surface area contributed by atoms with Gasteiger partial charge in [-0.15, -0.1) is 0 Å². The van der Waals surface area contributed by atoms with Gasteiger partial charge in [0, 0.05) is 5.54 Å². The molecule has 0 unspecified atom stereocenters. The van der Waals surface area contributed by atoms with Crippen LogP contribution in [0, 0.1) is 0 Å². The first kappa shape index (κ1) is 10.2. The number of nitrogens with two attached hydrogens (primary N) is 1. The summed E-state index contributed by atoms with van der Waals surface area (Å²) in [7, 11) is 0. The lowest BCUT2D eigenvalue weighted by molar-refractivity contribution is 0.0851. The highest BCUT2D eigenvalue weighted by atomic mass is 16.5.